The summed E-state index contributed by atoms with van der Waals surface area (Å²) in [5.74, 6) is 3.67. The van der Waals surface area contributed by atoms with Crippen LogP contribution in [0.25, 0.3) is 0 Å². The average Bonchev–Trinajstić information content (AvgIpc) is 2.62. The highest BCUT2D eigenvalue weighted by atomic mass is 14.5. The van der Waals surface area contributed by atoms with Crippen LogP contribution in [-0.2, 0) is 0 Å². The van der Waals surface area contributed by atoms with E-state index in [1.165, 1.54) is 19.3 Å². The van der Waals surface area contributed by atoms with Crippen LogP contribution in [0.3, 0.4) is 0 Å². The van der Waals surface area contributed by atoms with E-state index in [1.807, 2.05) is 0 Å². The van der Waals surface area contributed by atoms with Crippen molar-refractivity contribution in [3.05, 3.63) is 12.2 Å². The Hall–Kier alpha value is -0.300. The van der Waals surface area contributed by atoms with E-state index >= 15 is 0 Å². The van der Waals surface area contributed by atoms with Crippen molar-refractivity contribution in [3.8, 4) is 0 Å². The van der Waals surface area contributed by atoms with Gasteiger partial charge in [-0.25, -0.2) is 0 Å². The average molecular weight is 165 g/mol. The van der Waals surface area contributed by atoms with Crippen molar-refractivity contribution in [3.63, 3.8) is 0 Å². The molecular formula is C11H19N. The van der Waals surface area contributed by atoms with Gasteiger partial charge in [-0.05, 0) is 49.5 Å². The van der Waals surface area contributed by atoms with Crippen LogP contribution in [-0.4, -0.2) is 6.54 Å². The molecule has 1 heteroatoms. The largest absolute Gasteiger partial charge is 0.330 e. The summed E-state index contributed by atoms with van der Waals surface area (Å²) in [7, 11) is 0. The standard InChI is InChI=1S/C11H19N/c1-8-9-4-5-10(7-9)11(8)3-2-6-12/h4-5,8-11H,2-3,6-7,12H2,1H3. The maximum Gasteiger partial charge on any atom is -0.00772 e. The molecule has 68 valence electrons. The third-order valence-corrected chi connectivity index (χ3v) is 3.79. The molecule has 12 heavy (non-hydrogen) atoms. The lowest BCUT2D eigenvalue weighted by molar-refractivity contribution is 0.309. The molecular weight excluding hydrogens is 146 g/mol. The Bertz CT molecular complexity index is 185. The Morgan fingerprint density at radius 3 is 2.67 bits per heavy atom. The monoisotopic (exact) mass is 165 g/mol. The minimum atomic E-state index is 0.865. The van der Waals surface area contributed by atoms with Gasteiger partial charge in [-0.1, -0.05) is 19.1 Å². The maximum absolute atomic E-state index is 5.53. The Morgan fingerprint density at radius 1 is 1.33 bits per heavy atom. The van der Waals surface area contributed by atoms with Gasteiger partial charge in [0.1, 0.15) is 0 Å². The van der Waals surface area contributed by atoms with E-state index in [0.29, 0.717) is 0 Å². The molecule has 0 radical (unpaired) electrons. The molecule has 0 saturated heterocycles. The second-order valence-corrected chi connectivity index (χ2v) is 4.40. The highest BCUT2D eigenvalue weighted by Gasteiger charge is 2.40. The lowest BCUT2D eigenvalue weighted by Gasteiger charge is -2.24. The third-order valence-electron chi connectivity index (χ3n) is 3.79. The van der Waals surface area contributed by atoms with Crippen molar-refractivity contribution < 1.29 is 0 Å². The highest BCUT2D eigenvalue weighted by molar-refractivity contribution is 5.12. The fourth-order valence-corrected chi connectivity index (χ4v) is 3.00. The summed E-state index contributed by atoms with van der Waals surface area (Å²) >= 11 is 0. The quantitative estimate of drug-likeness (QED) is 0.637. The number of allylic oxidation sites excluding steroid dienone is 2. The number of hydrogen-bond acceptors (Lipinski definition) is 1. The SMILES string of the molecule is CC1C2C=CC(C2)C1CCCN. The van der Waals surface area contributed by atoms with E-state index in [2.05, 4.69) is 19.1 Å². The first-order valence-corrected chi connectivity index (χ1v) is 5.21. The van der Waals surface area contributed by atoms with Crippen LogP contribution < -0.4 is 5.73 Å². The summed E-state index contributed by atoms with van der Waals surface area (Å²) in [5.41, 5.74) is 5.53. The van der Waals surface area contributed by atoms with Crippen LogP contribution in [0.5, 0.6) is 0 Å². The molecule has 0 aromatic heterocycles. The first-order valence-electron chi connectivity index (χ1n) is 5.21. The Balaban J connectivity index is 1.94. The van der Waals surface area contributed by atoms with Crippen LogP contribution in [0.15, 0.2) is 12.2 Å². The maximum atomic E-state index is 5.53. The van der Waals surface area contributed by atoms with Crippen LogP contribution in [0, 0.1) is 23.7 Å². The molecule has 0 heterocycles. The molecule has 4 unspecified atom stereocenters. The predicted molar refractivity (Wildman–Crippen MR) is 51.7 cm³/mol. The molecule has 2 rings (SSSR count). The molecule has 2 aliphatic carbocycles. The molecule has 0 aromatic rings. The second kappa shape index (κ2) is 3.21. The highest BCUT2D eigenvalue weighted by Crippen LogP contribution is 2.49. The van der Waals surface area contributed by atoms with Gasteiger partial charge < -0.3 is 5.73 Å². The number of hydrogen-bond donors (Lipinski definition) is 1. The van der Waals surface area contributed by atoms with Gasteiger partial charge in [-0.15, -0.1) is 0 Å². The van der Waals surface area contributed by atoms with Crippen molar-refractivity contribution in [1.82, 2.24) is 0 Å². The topological polar surface area (TPSA) is 26.0 Å². The van der Waals surface area contributed by atoms with Crippen molar-refractivity contribution in [2.75, 3.05) is 6.54 Å². The van der Waals surface area contributed by atoms with Gasteiger partial charge >= 0.3 is 0 Å². The Labute approximate surface area is 75.0 Å². The van der Waals surface area contributed by atoms with Gasteiger partial charge in [0.15, 0.2) is 0 Å². The fourth-order valence-electron chi connectivity index (χ4n) is 3.00. The number of nitrogens with two attached hydrogens (primary N) is 1. The summed E-state index contributed by atoms with van der Waals surface area (Å²) in [6.07, 6.45) is 8.85. The normalized spacial score (nSPS) is 44.2. The van der Waals surface area contributed by atoms with Crippen LogP contribution in [0.1, 0.15) is 26.2 Å². The fraction of sp³-hybridized carbons (Fsp3) is 0.818. The summed E-state index contributed by atoms with van der Waals surface area (Å²) in [4.78, 5) is 0. The lowest BCUT2D eigenvalue weighted by atomic mass is 9.81. The van der Waals surface area contributed by atoms with E-state index in [1.54, 1.807) is 0 Å². The molecule has 1 saturated carbocycles. The van der Waals surface area contributed by atoms with Gasteiger partial charge in [0.05, 0.1) is 0 Å². The molecule has 0 amide bonds. The van der Waals surface area contributed by atoms with Crippen LogP contribution in [0.4, 0.5) is 0 Å². The molecule has 0 aromatic carbocycles. The molecule has 4 atom stereocenters. The first kappa shape index (κ1) is 8.31. The summed E-state index contributed by atoms with van der Waals surface area (Å²) < 4.78 is 0. The molecule has 2 N–H and O–H groups in total. The van der Waals surface area contributed by atoms with Crippen molar-refractivity contribution in [2.24, 2.45) is 29.4 Å². The third kappa shape index (κ3) is 1.20. The number of fused-ring (bicyclic) bond motifs is 2. The van der Waals surface area contributed by atoms with Gasteiger partial charge in [-0.3, -0.25) is 0 Å². The smallest absolute Gasteiger partial charge is 0.00772 e. The van der Waals surface area contributed by atoms with Gasteiger partial charge in [0.2, 0.25) is 0 Å². The Kier molecular flexibility index (Phi) is 2.22. The van der Waals surface area contributed by atoms with Crippen molar-refractivity contribution in [1.29, 1.82) is 0 Å². The molecule has 0 aliphatic heterocycles. The molecule has 2 bridgehead atoms. The second-order valence-electron chi connectivity index (χ2n) is 4.40. The minimum absolute atomic E-state index is 0.865. The van der Waals surface area contributed by atoms with E-state index in [-0.39, 0.29) is 0 Å². The number of rotatable bonds is 3. The van der Waals surface area contributed by atoms with E-state index in [0.717, 1.165) is 30.2 Å². The van der Waals surface area contributed by atoms with Gasteiger partial charge in [-0.2, -0.15) is 0 Å². The molecule has 0 spiro atoms. The van der Waals surface area contributed by atoms with Crippen LogP contribution >= 0.6 is 0 Å². The van der Waals surface area contributed by atoms with Crippen molar-refractivity contribution in [2.45, 2.75) is 26.2 Å². The zero-order chi connectivity index (χ0) is 8.55. The lowest BCUT2D eigenvalue weighted by Crippen LogP contribution is -2.17. The Morgan fingerprint density at radius 2 is 2.08 bits per heavy atom. The zero-order valence-electron chi connectivity index (χ0n) is 7.87. The zero-order valence-corrected chi connectivity index (χ0v) is 7.87. The molecule has 1 nitrogen and oxygen atoms in total. The molecule has 2 aliphatic rings. The summed E-state index contributed by atoms with van der Waals surface area (Å²) in [6.45, 7) is 3.28. The van der Waals surface area contributed by atoms with Gasteiger partial charge in [0, 0.05) is 0 Å². The minimum Gasteiger partial charge on any atom is -0.330 e. The van der Waals surface area contributed by atoms with Gasteiger partial charge in [0.25, 0.3) is 0 Å². The van der Waals surface area contributed by atoms with E-state index in [9.17, 15) is 0 Å². The molecule has 1 fully saturated rings. The summed E-state index contributed by atoms with van der Waals surface area (Å²) in [6, 6.07) is 0. The van der Waals surface area contributed by atoms with E-state index < -0.39 is 0 Å². The summed E-state index contributed by atoms with van der Waals surface area (Å²) in [5, 5.41) is 0. The van der Waals surface area contributed by atoms with Crippen LogP contribution in [0.2, 0.25) is 0 Å². The van der Waals surface area contributed by atoms with E-state index in [4.69, 9.17) is 5.73 Å². The van der Waals surface area contributed by atoms with Crippen molar-refractivity contribution >= 4 is 0 Å². The first-order chi connectivity index (χ1) is 5.83. The predicted octanol–water partition coefficient (Wildman–Crippen LogP) is 2.18.